The summed E-state index contributed by atoms with van der Waals surface area (Å²) in [4.78, 5) is 3.04. The Morgan fingerprint density at radius 1 is 1.53 bits per heavy atom. The van der Waals surface area contributed by atoms with E-state index in [0.29, 0.717) is 0 Å². The highest BCUT2D eigenvalue weighted by Gasteiger charge is 2.36. The summed E-state index contributed by atoms with van der Waals surface area (Å²) < 4.78 is 0. The molecule has 0 spiro atoms. The van der Waals surface area contributed by atoms with Crippen molar-refractivity contribution in [1.82, 2.24) is 10.3 Å². The maximum Gasteiger partial charge on any atom is 0.0703 e. The zero-order valence-electron chi connectivity index (χ0n) is 8.92. The Bertz CT molecular complexity index is 330. The average Bonchev–Trinajstić information content (AvgIpc) is 2.68. The van der Waals surface area contributed by atoms with Gasteiger partial charge in [-0.1, -0.05) is 6.42 Å². The quantitative estimate of drug-likeness (QED) is 0.717. The van der Waals surface area contributed by atoms with E-state index >= 15 is 0 Å². The minimum atomic E-state index is -0.0435. The van der Waals surface area contributed by atoms with Crippen molar-refractivity contribution in [3.8, 4) is 6.07 Å². The molecule has 80 valence electrons. The number of rotatable bonds is 5. The molecule has 0 amide bonds. The molecule has 15 heavy (non-hydrogen) atoms. The number of hydrogen-bond donors (Lipinski definition) is 2. The van der Waals surface area contributed by atoms with E-state index in [1.54, 1.807) is 0 Å². The number of nitriles is 1. The van der Waals surface area contributed by atoms with Crippen molar-refractivity contribution in [2.45, 2.75) is 25.7 Å². The van der Waals surface area contributed by atoms with Gasteiger partial charge < -0.3 is 10.3 Å². The lowest BCUT2D eigenvalue weighted by molar-refractivity contribution is 0.208. The minimum absolute atomic E-state index is 0.0435. The first-order chi connectivity index (χ1) is 7.35. The fourth-order valence-corrected chi connectivity index (χ4v) is 2.01. The highest BCUT2D eigenvalue weighted by atomic mass is 14.9. The molecule has 0 radical (unpaired) electrons. The van der Waals surface area contributed by atoms with E-state index in [-0.39, 0.29) is 5.41 Å². The number of nitrogens with one attached hydrogen (secondary N) is 2. The number of nitrogens with zero attached hydrogens (tertiary/aromatic N) is 1. The van der Waals surface area contributed by atoms with Crippen molar-refractivity contribution in [3.63, 3.8) is 0 Å². The van der Waals surface area contributed by atoms with Gasteiger partial charge in [-0.15, -0.1) is 0 Å². The molecule has 1 saturated carbocycles. The van der Waals surface area contributed by atoms with Crippen molar-refractivity contribution >= 4 is 0 Å². The lowest BCUT2D eigenvalue weighted by atomic mass is 9.70. The van der Waals surface area contributed by atoms with Gasteiger partial charge in [0.1, 0.15) is 0 Å². The molecule has 0 aliphatic heterocycles. The largest absolute Gasteiger partial charge is 0.367 e. The standard InChI is InChI=1S/C12H17N3/c13-9-12(4-1-5-12)10-15-7-3-11-2-6-14-8-11/h2,6,8,14-15H,1,3-5,7,10H2. The summed E-state index contributed by atoms with van der Waals surface area (Å²) in [5.41, 5.74) is 1.28. The molecule has 0 saturated heterocycles. The Morgan fingerprint density at radius 2 is 2.40 bits per heavy atom. The van der Waals surface area contributed by atoms with Crippen LogP contribution in [-0.2, 0) is 6.42 Å². The summed E-state index contributed by atoms with van der Waals surface area (Å²) in [7, 11) is 0. The van der Waals surface area contributed by atoms with E-state index in [1.807, 2.05) is 12.4 Å². The zero-order valence-corrected chi connectivity index (χ0v) is 8.92. The molecule has 1 fully saturated rings. The molecule has 0 atom stereocenters. The van der Waals surface area contributed by atoms with Crippen LogP contribution < -0.4 is 5.32 Å². The van der Waals surface area contributed by atoms with Crippen LogP contribution in [0, 0.1) is 16.7 Å². The Labute approximate surface area is 90.5 Å². The highest BCUT2D eigenvalue weighted by molar-refractivity contribution is 5.09. The minimum Gasteiger partial charge on any atom is -0.367 e. The van der Waals surface area contributed by atoms with Crippen molar-refractivity contribution in [2.24, 2.45) is 5.41 Å². The molecule has 1 aromatic heterocycles. The SMILES string of the molecule is N#CC1(CNCCc2cc[nH]c2)CCC1. The number of aromatic nitrogens is 1. The normalized spacial score (nSPS) is 18.1. The number of aromatic amines is 1. The maximum absolute atomic E-state index is 9.02. The fourth-order valence-electron chi connectivity index (χ4n) is 2.01. The summed E-state index contributed by atoms with van der Waals surface area (Å²) >= 11 is 0. The van der Waals surface area contributed by atoms with Crippen LogP contribution in [0.1, 0.15) is 24.8 Å². The van der Waals surface area contributed by atoms with E-state index < -0.39 is 0 Å². The Morgan fingerprint density at radius 3 is 2.93 bits per heavy atom. The second-order valence-electron chi connectivity index (χ2n) is 4.39. The lowest BCUT2D eigenvalue weighted by Crippen LogP contribution is -2.39. The van der Waals surface area contributed by atoms with Gasteiger partial charge in [-0.3, -0.25) is 0 Å². The molecule has 2 rings (SSSR count). The smallest absolute Gasteiger partial charge is 0.0703 e. The third-order valence-electron chi connectivity index (χ3n) is 3.26. The molecule has 1 aliphatic carbocycles. The van der Waals surface area contributed by atoms with Gasteiger partial charge in [0.05, 0.1) is 11.5 Å². The summed E-state index contributed by atoms with van der Waals surface area (Å²) in [5.74, 6) is 0. The average molecular weight is 203 g/mol. The first kappa shape index (κ1) is 10.3. The van der Waals surface area contributed by atoms with Gasteiger partial charge in [0, 0.05) is 18.9 Å². The number of hydrogen-bond acceptors (Lipinski definition) is 2. The van der Waals surface area contributed by atoms with Crippen molar-refractivity contribution in [2.75, 3.05) is 13.1 Å². The zero-order chi connectivity index (χ0) is 10.6. The third kappa shape index (κ3) is 2.40. The van der Waals surface area contributed by atoms with Gasteiger partial charge >= 0.3 is 0 Å². The first-order valence-corrected chi connectivity index (χ1v) is 5.58. The predicted molar refractivity (Wildman–Crippen MR) is 59.3 cm³/mol. The summed E-state index contributed by atoms with van der Waals surface area (Å²) in [6, 6.07) is 4.53. The Hall–Kier alpha value is -1.27. The van der Waals surface area contributed by atoms with Crippen LogP contribution in [0.5, 0.6) is 0 Å². The summed E-state index contributed by atoms with van der Waals surface area (Å²) in [5, 5.41) is 12.4. The Balaban J connectivity index is 1.65. The van der Waals surface area contributed by atoms with Gasteiger partial charge in [-0.25, -0.2) is 0 Å². The molecular formula is C12H17N3. The number of H-pyrrole nitrogens is 1. The van der Waals surface area contributed by atoms with Gasteiger partial charge in [0.25, 0.3) is 0 Å². The third-order valence-corrected chi connectivity index (χ3v) is 3.26. The topological polar surface area (TPSA) is 51.6 Å². The molecule has 2 N–H and O–H groups in total. The van der Waals surface area contributed by atoms with Crippen LogP contribution in [0.2, 0.25) is 0 Å². The molecule has 0 aromatic carbocycles. The summed E-state index contributed by atoms with van der Waals surface area (Å²) in [6.07, 6.45) is 8.35. The van der Waals surface area contributed by atoms with E-state index in [0.717, 1.165) is 32.4 Å². The molecule has 1 heterocycles. The molecular weight excluding hydrogens is 186 g/mol. The molecule has 1 aromatic rings. The second-order valence-corrected chi connectivity index (χ2v) is 4.39. The van der Waals surface area contributed by atoms with Crippen LogP contribution in [0.4, 0.5) is 0 Å². The predicted octanol–water partition coefficient (Wildman–Crippen LogP) is 1.84. The van der Waals surface area contributed by atoms with Crippen LogP contribution in [0.15, 0.2) is 18.5 Å². The second kappa shape index (κ2) is 4.50. The van der Waals surface area contributed by atoms with Crippen molar-refractivity contribution in [3.05, 3.63) is 24.0 Å². The van der Waals surface area contributed by atoms with Crippen LogP contribution >= 0.6 is 0 Å². The van der Waals surface area contributed by atoms with Crippen LogP contribution in [0.25, 0.3) is 0 Å². The maximum atomic E-state index is 9.02. The van der Waals surface area contributed by atoms with E-state index in [1.165, 1.54) is 12.0 Å². The van der Waals surface area contributed by atoms with E-state index in [4.69, 9.17) is 5.26 Å². The van der Waals surface area contributed by atoms with E-state index in [9.17, 15) is 0 Å². The van der Waals surface area contributed by atoms with Crippen LogP contribution in [-0.4, -0.2) is 18.1 Å². The molecule has 0 unspecified atom stereocenters. The highest BCUT2D eigenvalue weighted by Crippen LogP contribution is 2.39. The van der Waals surface area contributed by atoms with Crippen molar-refractivity contribution < 1.29 is 0 Å². The molecule has 3 heteroatoms. The van der Waals surface area contributed by atoms with Crippen LogP contribution in [0.3, 0.4) is 0 Å². The van der Waals surface area contributed by atoms with Crippen molar-refractivity contribution in [1.29, 1.82) is 5.26 Å². The first-order valence-electron chi connectivity index (χ1n) is 5.58. The Kier molecular flexibility index (Phi) is 3.08. The van der Waals surface area contributed by atoms with E-state index in [2.05, 4.69) is 22.4 Å². The van der Waals surface area contributed by atoms with Gasteiger partial charge in [-0.05, 0) is 37.4 Å². The molecule has 0 bridgehead atoms. The fraction of sp³-hybridized carbons (Fsp3) is 0.583. The monoisotopic (exact) mass is 203 g/mol. The molecule has 1 aliphatic rings. The summed E-state index contributed by atoms with van der Waals surface area (Å²) in [6.45, 7) is 1.81. The molecule has 3 nitrogen and oxygen atoms in total. The van der Waals surface area contributed by atoms with Gasteiger partial charge in [0.15, 0.2) is 0 Å². The van der Waals surface area contributed by atoms with Gasteiger partial charge in [0.2, 0.25) is 0 Å². The van der Waals surface area contributed by atoms with Gasteiger partial charge in [-0.2, -0.15) is 5.26 Å². The lowest BCUT2D eigenvalue weighted by Gasteiger charge is -2.35.